The van der Waals surface area contributed by atoms with Gasteiger partial charge in [0.1, 0.15) is 0 Å². The number of amides is 3. The fraction of sp³-hybridized carbons (Fsp3) is 0.0667. The number of thioether (sulfide) groups is 1. The largest absolute Gasteiger partial charge is 0.340 e. The lowest BCUT2D eigenvalue weighted by molar-refractivity contribution is 0.0964. The van der Waals surface area contributed by atoms with Crippen molar-refractivity contribution < 1.29 is 9.59 Å². The van der Waals surface area contributed by atoms with Gasteiger partial charge in [-0.3, -0.25) is 21.0 Å². The first kappa shape index (κ1) is 14.9. The molecule has 0 saturated carbocycles. The molecule has 0 spiro atoms. The minimum Gasteiger partial charge on any atom is -0.297 e. The van der Waals surface area contributed by atoms with E-state index in [1.54, 1.807) is 42.1 Å². The second-order valence-corrected chi connectivity index (χ2v) is 5.01. The molecule has 0 saturated heterocycles. The number of carbonyl (C=O) groups is 2. The Morgan fingerprint density at radius 1 is 0.952 bits per heavy atom. The van der Waals surface area contributed by atoms with Gasteiger partial charge in [0, 0.05) is 10.5 Å². The Bertz CT molecular complexity index is 615. The number of hydrogen-bond donors (Lipinski definition) is 3. The van der Waals surface area contributed by atoms with E-state index in [1.165, 1.54) is 0 Å². The van der Waals surface area contributed by atoms with E-state index in [2.05, 4.69) is 16.2 Å². The third kappa shape index (κ3) is 4.54. The van der Waals surface area contributed by atoms with Gasteiger partial charge in [-0.2, -0.15) is 0 Å². The molecule has 5 nitrogen and oxygen atoms in total. The van der Waals surface area contributed by atoms with E-state index in [0.717, 1.165) is 10.6 Å². The van der Waals surface area contributed by atoms with Crippen LogP contribution in [0, 0.1) is 0 Å². The Kier molecular flexibility index (Phi) is 5.22. The average molecular weight is 301 g/mol. The summed E-state index contributed by atoms with van der Waals surface area (Å²) < 4.78 is 0. The maximum atomic E-state index is 11.7. The Hall–Kier alpha value is -2.47. The van der Waals surface area contributed by atoms with Gasteiger partial charge in [0.15, 0.2) is 0 Å². The molecular weight excluding hydrogens is 286 g/mol. The number of benzene rings is 2. The van der Waals surface area contributed by atoms with Gasteiger partial charge in [0.05, 0.1) is 5.69 Å². The van der Waals surface area contributed by atoms with Crippen molar-refractivity contribution in [3.05, 3.63) is 60.2 Å². The highest BCUT2D eigenvalue weighted by molar-refractivity contribution is 7.98. The van der Waals surface area contributed by atoms with Gasteiger partial charge in [-0.25, -0.2) is 4.79 Å². The summed E-state index contributed by atoms with van der Waals surface area (Å²) in [6.45, 7) is 0. The van der Waals surface area contributed by atoms with Crippen LogP contribution in [-0.4, -0.2) is 18.2 Å². The smallest absolute Gasteiger partial charge is 0.297 e. The van der Waals surface area contributed by atoms with Crippen LogP contribution in [0.1, 0.15) is 10.4 Å². The summed E-state index contributed by atoms with van der Waals surface area (Å²) in [6.07, 6.45) is 1.99. The first-order valence-corrected chi connectivity index (χ1v) is 7.48. The minimum absolute atomic E-state index is 0.428. The molecule has 0 bridgehead atoms. The van der Waals surface area contributed by atoms with Crippen molar-refractivity contribution in [3.63, 3.8) is 0 Å². The van der Waals surface area contributed by atoms with Crippen LogP contribution in [0.25, 0.3) is 0 Å². The predicted molar refractivity (Wildman–Crippen MR) is 84.3 cm³/mol. The van der Waals surface area contributed by atoms with E-state index in [4.69, 9.17) is 0 Å². The van der Waals surface area contributed by atoms with Gasteiger partial charge >= 0.3 is 6.03 Å². The number of carbonyl (C=O) groups excluding carboxylic acids is 2. The van der Waals surface area contributed by atoms with Crippen LogP contribution in [0.3, 0.4) is 0 Å². The topological polar surface area (TPSA) is 70.2 Å². The molecule has 0 aliphatic carbocycles. The summed E-state index contributed by atoms with van der Waals surface area (Å²) in [7, 11) is 0. The summed E-state index contributed by atoms with van der Waals surface area (Å²) in [6, 6.07) is 15.5. The van der Waals surface area contributed by atoms with E-state index in [0.29, 0.717) is 5.56 Å². The van der Waals surface area contributed by atoms with Gasteiger partial charge in [0.2, 0.25) is 0 Å². The number of nitrogens with one attached hydrogen (secondary N) is 3. The molecule has 0 aliphatic rings. The van der Waals surface area contributed by atoms with Crippen molar-refractivity contribution in [1.82, 2.24) is 10.7 Å². The molecule has 0 fully saturated rings. The number of imide groups is 1. The maximum absolute atomic E-state index is 11.7. The van der Waals surface area contributed by atoms with E-state index in [1.807, 2.05) is 30.5 Å². The molecule has 3 N–H and O–H groups in total. The molecule has 2 aromatic carbocycles. The Labute approximate surface area is 127 Å². The highest BCUT2D eigenvalue weighted by atomic mass is 32.2. The SMILES string of the molecule is CSc1ccc(NNC(=O)NC(=O)c2ccccc2)cc1. The molecule has 0 atom stereocenters. The lowest BCUT2D eigenvalue weighted by Crippen LogP contribution is -2.42. The minimum atomic E-state index is -0.613. The highest BCUT2D eigenvalue weighted by Crippen LogP contribution is 2.16. The average Bonchev–Trinajstić information content (AvgIpc) is 2.54. The molecule has 3 amide bonds. The summed E-state index contributed by atoms with van der Waals surface area (Å²) in [5.41, 5.74) is 6.30. The molecule has 0 aromatic heterocycles. The van der Waals surface area contributed by atoms with Gasteiger partial charge in [-0.1, -0.05) is 18.2 Å². The third-order valence-corrected chi connectivity index (χ3v) is 3.42. The lowest BCUT2D eigenvalue weighted by Gasteiger charge is -2.09. The standard InChI is InChI=1S/C15H15N3O2S/c1-21-13-9-7-12(8-10-13)17-18-15(20)16-14(19)11-5-3-2-4-6-11/h2-10,17H,1H3,(H2,16,18,19,20). The molecule has 0 unspecified atom stereocenters. The molecule has 2 rings (SSSR count). The van der Waals surface area contributed by atoms with Crippen molar-refractivity contribution in [2.75, 3.05) is 11.7 Å². The van der Waals surface area contributed by atoms with Crippen LogP contribution >= 0.6 is 11.8 Å². The molecule has 0 radical (unpaired) electrons. The van der Waals surface area contributed by atoms with Crippen molar-refractivity contribution in [2.24, 2.45) is 0 Å². The van der Waals surface area contributed by atoms with Crippen LogP contribution in [-0.2, 0) is 0 Å². The number of anilines is 1. The Morgan fingerprint density at radius 3 is 2.24 bits per heavy atom. The predicted octanol–water partition coefficient (Wildman–Crippen LogP) is 2.88. The first-order valence-electron chi connectivity index (χ1n) is 6.25. The van der Waals surface area contributed by atoms with Gasteiger partial charge in [-0.15, -0.1) is 11.8 Å². The fourth-order valence-corrected chi connectivity index (χ4v) is 2.01. The second-order valence-electron chi connectivity index (χ2n) is 4.13. The number of hydrazine groups is 1. The third-order valence-electron chi connectivity index (χ3n) is 2.67. The number of urea groups is 1. The number of hydrogen-bond acceptors (Lipinski definition) is 4. The van der Waals surface area contributed by atoms with Gasteiger partial charge < -0.3 is 0 Å². The summed E-state index contributed by atoms with van der Waals surface area (Å²) in [4.78, 5) is 24.5. The molecule has 0 aliphatic heterocycles. The van der Waals surface area contributed by atoms with E-state index >= 15 is 0 Å². The van der Waals surface area contributed by atoms with Crippen LogP contribution in [0.15, 0.2) is 59.5 Å². The molecule has 21 heavy (non-hydrogen) atoms. The summed E-state index contributed by atoms with van der Waals surface area (Å²) >= 11 is 1.64. The van der Waals surface area contributed by atoms with E-state index in [9.17, 15) is 9.59 Å². The number of rotatable bonds is 4. The van der Waals surface area contributed by atoms with E-state index in [-0.39, 0.29) is 0 Å². The maximum Gasteiger partial charge on any atom is 0.340 e. The molecule has 0 heterocycles. The monoisotopic (exact) mass is 301 g/mol. The van der Waals surface area contributed by atoms with Crippen LogP contribution in [0.4, 0.5) is 10.5 Å². The van der Waals surface area contributed by atoms with Crippen molar-refractivity contribution in [3.8, 4) is 0 Å². The first-order chi connectivity index (χ1) is 10.2. The second kappa shape index (κ2) is 7.35. The Balaban J connectivity index is 1.83. The van der Waals surface area contributed by atoms with Crippen molar-refractivity contribution >= 4 is 29.4 Å². The fourth-order valence-electron chi connectivity index (χ4n) is 1.60. The van der Waals surface area contributed by atoms with Crippen LogP contribution in [0.5, 0.6) is 0 Å². The van der Waals surface area contributed by atoms with Crippen LogP contribution in [0.2, 0.25) is 0 Å². The molecule has 2 aromatic rings. The highest BCUT2D eigenvalue weighted by Gasteiger charge is 2.08. The summed E-state index contributed by atoms with van der Waals surface area (Å²) in [5.74, 6) is -0.451. The van der Waals surface area contributed by atoms with Gasteiger partial charge in [0.25, 0.3) is 5.91 Å². The zero-order chi connectivity index (χ0) is 15.1. The Morgan fingerprint density at radius 2 is 1.62 bits per heavy atom. The molecular formula is C15H15N3O2S. The normalized spacial score (nSPS) is 9.76. The van der Waals surface area contributed by atoms with E-state index < -0.39 is 11.9 Å². The zero-order valence-corrected chi connectivity index (χ0v) is 12.2. The van der Waals surface area contributed by atoms with Crippen LogP contribution < -0.4 is 16.2 Å². The zero-order valence-electron chi connectivity index (χ0n) is 11.4. The summed E-state index contributed by atoms with van der Waals surface area (Å²) in [5, 5.41) is 2.23. The lowest BCUT2D eigenvalue weighted by atomic mass is 10.2. The quantitative estimate of drug-likeness (QED) is 0.600. The van der Waals surface area contributed by atoms with Crippen molar-refractivity contribution in [2.45, 2.75) is 4.90 Å². The van der Waals surface area contributed by atoms with Crippen molar-refractivity contribution in [1.29, 1.82) is 0 Å². The molecule has 108 valence electrons. The molecule has 6 heteroatoms. The van der Waals surface area contributed by atoms with Gasteiger partial charge in [-0.05, 0) is 42.7 Å².